The van der Waals surface area contributed by atoms with Crippen LogP contribution in [0.1, 0.15) is 6.42 Å². The van der Waals surface area contributed by atoms with Gasteiger partial charge in [0.2, 0.25) is 0 Å². The average Bonchev–Trinajstić information content (AvgIpc) is 2.68. The molecule has 8 nitrogen and oxygen atoms in total. The summed E-state index contributed by atoms with van der Waals surface area (Å²) in [6.07, 6.45) is -4.48. The van der Waals surface area contributed by atoms with Crippen LogP contribution in [-0.2, 0) is 38.6 Å². The minimum atomic E-state index is -3.59. The number of hydrogen-bond acceptors (Lipinski definition) is 11. The topological polar surface area (TPSA) is 81.7 Å². The van der Waals surface area contributed by atoms with Crippen molar-refractivity contribution in [3.8, 4) is 0 Å². The third-order valence-corrected chi connectivity index (χ3v) is 3.56. The van der Waals surface area contributed by atoms with Crippen molar-refractivity contribution in [1.29, 1.82) is 0 Å². The van der Waals surface area contributed by atoms with Crippen molar-refractivity contribution < 1.29 is 47.3 Å². The zero-order valence-corrected chi connectivity index (χ0v) is 18.4. The second kappa shape index (κ2) is 17.0. The molecule has 0 saturated carbocycles. The van der Waals surface area contributed by atoms with Gasteiger partial charge in [0.1, 0.15) is 31.3 Å². The minimum Gasteiger partial charge on any atom is -0.463 e. The van der Waals surface area contributed by atoms with Gasteiger partial charge in [-0.3, -0.25) is 4.79 Å². The van der Waals surface area contributed by atoms with Crippen LogP contribution in [0.15, 0.2) is 24.7 Å². The number of thiol groups is 3. The van der Waals surface area contributed by atoms with Crippen LogP contribution in [0.3, 0.4) is 0 Å². The van der Waals surface area contributed by atoms with Crippen LogP contribution >= 0.6 is 37.9 Å². The molecule has 0 heterocycles. The molecule has 0 saturated heterocycles. The second-order valence-corrected chi connectivity index (χ2v) is 6.34. The van der Waals surface area contributed by atoms with E-state index < -0.39 is 31.4 Å². The Balaban J connectivity index is 4.26. The van der Waals surface area contributed by atoms with Crippen molar-refractivity contribution >= 4 is 43.9 Å². The summed E-state index contributed by atoms with van der Waals surface area (Å²) in [7, 11) is 0. The molecule has 0 aliphatic rings. The normalized spacial score (nSPS) is 12.3. The molecule has 0 aliphatic heterocycles. The molecule has 0 amide bonds. The van der Waals surface area contributed by atoms with Crippen LogP contribution in [0.4, 0.5) is 8.78 Å². The highest BCUT2D eigenvalue weighted by Gasteiger charge is 2.31. The summed E-state index contributed by atoms with van der Waals surface area (Å²) in [5.74, 6) is 0.575. The molecule has 13 heteroatoms. The third-order valence-electron chi connectivity index (χ3n) is 2.63. The first kappa shape index (κ1) is 28.3. The average molecular weight is 481 g/mol. The smallest absolute Gasteiger partial charge is 0.379 e. The molecule has 0 bridgehead atoms. The Kier molecular flexibility index (Phi) is 16.6. The number of esters is 1. The number of carbonyl (C=O) groups is 1. The van der Waals surface area contributed by atoms with E-state index in [4.69, 9.17) is 19.2 Å². The molecule has 0 N–H and O–H groups in total. The van der Waals surface area contributed by atoms with Gasteiger partial charge in [-0.1, -0.05) is 13.2 Å². The van der Waals surface area contributed by atoms with E-state index in [1.807, 2.05) is 0 Å². The predicted molar refractivity (Wildman–Crippen MR) is 110 cm³/mol. The maximum atomic E-state index is 13.6. The molecule has 0 aromatic rings. The van der Waals surface area contributed by atoms with E-state index in [2.05, 4.69) is 65.6 Å². The summed E-state index contributed by atoms with van der Waals surface area (Å²) in [6, 6.07) is 0. The van der Waals surface area contributed by atoms with Gasteiger partial charge in [0.25, 0.3) is 0 Å². The zero-order valence-electron chi connectivity index (χ0n) is 15.7. The number of rotatable bonds is 19. The summed E-state index contributed by atoms with van der Waals surface area (Å²) in [4.78, 5) is 30.4. The quantitative estimate of drug-likeness (QED) is 0.0650. The fraction of sp³-hybridized carbons (Fsp3) is 0.688. The fourth-order valence-corrected chi connectivity index (χ4v) is 1.63. The number of carbonyl (C=O) groups excluding carboxylic acids is 1. The van der Waals surface area contributed by atoms with Gasteiger partial charge in [-0.25, -0.2) is 0 Å². The van der Waals surface area contributed by atoms with Gasteiger partial charge in [-0.2, -0.15) is 56.4 Å². The highest BCUT2D eigenvalue weighted by Crippen LogP contribution is 2.16. The summed E-state index contributed by atoms with van der Waals surface area (Å²) in [5, 5.41) is 0. The van der Waals surface area contributed by atoms with Gasteiger partial charge < -0.3 is 24.0 Å². The maximum Gasteiger partial charge on any atom is 0.379 e. The molecular weight excluding hydrogens is 454 g/mol. The molecule has 0 spiro atoms. The molecule has 170 valence electrons. The Morgan fingerprint density at radius 1 is 1.00 bits per heavy atom. The van der Waals surface area contributed by atoms with Crippen molar-refractivity contribution in [3.63, 3.8) is 0 Å². The molecule has 0 aromatic heterocycles. The molecule has 0 aliphatic carbocycles. The lowest BCUT2D eigenvalue weighted by Crippen LogP contribution is -2.33. The number of ether oxygens (including phenoxy) is 3. The third kappa shape index (κ3) is 16.7. The van der Waals surface area contributed by atoms with Gasteiger partial charge in [0.15, 0.2) is 6.10 Å². The highest BCUT2D eigenvalue weighted by atomic mass is 32.1. The monoisotopic (exact) mass is 480 g/mol. The van der Waals surface area contributed by atoms with E-state index in [1.165, 1.54) is 0 Å². The number of halogens is 2. The lowest BCUT2D eigenvalue weighted by molar-refractivity contribution is -0.321. The highest BCUT2D eigenvalue weighted by molar-refractivity contribution is 7.80. The molecule has 1 unspecified atom stereocenters. The molecule has 0 rings (SSSR count). The van der Waals surface area contributed by atoms with Crippen molar-refractivity contribution in [1.82, 2.24) is 0 Å². The van der Waals surface area contributed by atoms with E-state index in [0.29, 0.717) is 5.75 Å². The first-order valence-electron chi connectivity index (χ1n) is 8.30. The molecule has 0 aromatic carbocycles. The van der Waals surface area contributed by atoms with E-state index in [1.54, 1.807) is 0 Å². The van der Waals surface area contributed by atoms with Gasteiger partial charge in [0, 0.05) is 5.75 Å². The summed E-state index contributed by atoms with van der Waals surface area (Å²) >= 11 is 11.7. The summed E-state index contributed by atoms with van der Waals surface area (Å²) in [5.41, 5.74) is 0. The van der Waals surface area contributed by atoms with Crippen molar-refractivity contribution in [2.75, 3.05) is 50.3 Å². The van der Waals surface area contributed by atoms with Crippen LogP contribution in [0, 0.1) is 0 Å². The standard InChI is InChI=1S/C16H26F2O8S3/c1-12(9-28)24-23-5-4-22-16(17,18)11-20-7-14(26-25-13(2)10-29)8-21-15(19)3-6-27/h14,27-29H,1-11H2. The van der Waals surface area contributed by atoms with E-state index in [0.717, 1.165) is 0 Å². The van der Waals surface area contributed by atoms with Crippen LogP contribution < -0.4 is 0 Å². The van der Waals surface area contributed by atoms with Gasteiger partial charge in [-0.15, -0.1) is 0 Å². The molecule has 1 atom stereocenters. The van der Waals surface area contributed by atoms with Crippen molar-refractivity contribution in [3.05, 3.63) is 24.7 Å². The molecular formula is C16H26F2O8S3. The Hall–Kier alpha value is -0.700. The van der Waals surface area contributed by atoms with Gasteiger partial charge >= 0.3 is 12.1 Å². The molecule has 0 fully saturated rings. The van der Waals surface area contributed by atoms with Crippen LogP contribution in [-0.4, -0.2) is 68.5 Å². The summed E-state index contributed by atoms with van der Waals surface area (Å²) in [6.45, 7) is 4.51. The van der Waals surface area contributed by atoms with E-state index >= 15 is 0 Å². The van der Waals surface area contributed by atoms with Crippen molar-refractivity contribution in [2.24, 2.45) is 0 Å². The minimum absolute atomic E-state index is 0.0833. The zero-order chi connectivity index (χ0) is 22.1. The second-order valence-electron chi connectivity index (χ2n) is 5.26. The van der Waals surface area contributed by atoms with Crippen LogP contribution in [0.25, 0.3) is 0 Å². The number of hydrogen-bond donors (Lipinski definition) is 3. The predicted octanol–water partition coefficient (Wildman–Crippen LogP) is 2.63. The fourth-order valence-electron chi connectivity index (χ4n) is 1.34. The van der Waals surface area contributed by atoms with Crippen LogP contribution in [0.2, 0.25) is 0 Å². The molecule has 29 heavy (non-hydrogen) atoms. The van der Waals surface area contributed by atoms with Crippen molar-refractivity contribution in [2.45, 2.75) is 18.6 Å². The Morgan fingerprint density at radius 3 is 2.28 bits per heavy atom. The Labute approximate surface area is 184 Å². The maximum absolute atomic E-state index is 13.6. The molecule has 0 radical (unpaired) electrons. The first-order valence-corrected chi connectivity index (χ1v) is 10.2. The lowest BCUT2D eigenvalue weighted by Gasteiger charge is -2.20. The largest absolute Gasteiger partial charge is 0.463 e. The van der Waals surface area contributed by atoms with Gasteiger partial charge in [0.05, 0.1) is 31.1 Å². The summed E-state index contributed by atoms with van der Waals surface area (Å²) < 4.78 is 41.5. The first-order chi connectivity index (χ1) is 13.7. The SMILES string of the molecule is C=C(CS)OOCCOC(F)(F)COCC(COC(=O)CCS)OOC(=C)CS. The Bertz CT molecular complexity index is 497. The lowest BCUT2D eigenvalue weighted by atomic mass is 10.4. The van der Waals surface area contributed by atoms with E-state index in [9.17, 15) is 13.6 Å². The number of alkyl halides is 2. The van der Waals surface area contributed by atoms with E-state index in [-0.39, 0.29) is 49.3 Å². The van der Waals surface area contributed by atoms with Gasteiger partial charge in [-0.05, 0) is 0 Å². The Morgan fingerprint density at radius 2 is 1.66 bits per heavy atom. The van der Waals surface area contributed by atoms with Crippen LogP contribution in [0.5, 0.6) is 0 Å².